The van der Waals surface area contributed by atoms with Crippen LogP contribution in [0.4, 0.5) is 0 Å². The number of hydrogen-bond acceptors (Lipinski definition) is 4. The lowest BCUT2D eigenvalue weighted by molar-refractivity contribution is 0.118. The molecule has 0 saturated carbocycles. The highest BCUT2D eigenvalue weighted by Gasteiger charge is 2.26. The second-order valence-corrected chi connectivity index (χ2v) is 6.44. The lowest BCUT2D eigenvalue weighted by Crippen LogP contribution is -2.11. The van der Waals surface area contributed by atoms with Gasteiger partial charge in [-0.05, 0) is 38.0 Å². The molecule has 0 fully saturated rings. The standard InChI is InChI=1S/C15H25O4P/c1-4-7-11-17-13-14-9-8-10-15(12-14)20(16,18-5-2)19-6-3/h8-10,12H,4-7,11,13H2,1-3H3. The molecule has 1 rings (SSSR count). The quantitative estimate of drug-likeness (QED) is 0.485. The largest absolute Gasteiger partial charge is 0.377 e. The third kappa shape index (κ3) is 5.37. The maximum Gasteiger partial charge on any atom is 0.361 e. The van der Waals surface area contributed by atoms with Crippen LogP contribution in [0.25, 0.3) is 0 Å². The van der Waals surface area contributed by atoms with Gasteiger partial charge in [-0.15, -0.1) is 0 Å². The average Bonchev–Trinajstić information content (AvgIpc) is 2.44. The molecule has 0 heterocycles. The van der Waals surface area contributed by atoms with Crippen molar-refractivity contribution < 1.29 is 18.3 Å². The molecule has 1 aromatic carbocycles. The summed E-state index contributed by atoms with van der Waals surface area (Å²) in [5.74, 6) is 0. The molecule has 0 saturated heterocycles. The molecule has 1 aromatic rings. The minimum absolute atomic E-state index is 0.356. The monoisotopic (exact) mass is 300 g/mol. The van der Waals surface area contributed by atoms with Crippen LogP contribution in [0.15, 0.2) is 24.3 Å². The Hall–Kier alpha value is -0.670. The molecule has 20 heavy (non-hydrogen) atoms. The Morgan fingerprint density at radius 3 is 2.40 bits per heavy atom. The topological polar surface area (TPSA) is 44.8 Å². The molecule has 114 valence electrons. The number of rotatable bonds is 10. The van der Waals surface area contributed by atoms with Crippen LogP contribution in [-0.4, -0.2) is 19.8 Å². The van der Waals surface area contributed by atoms with Gasteiger partial charge in [0.2, 0.25) is 0 Å². The van der Waals surface area contributed by atoms with Gasteiger partial charge in [0.1, 0.15) is 0 Å². The maximum absolute atomic E-state index is 12.7. The molecular formula is C15H25O4P. The van der Waals surface area contributed by atoms with Gasteiger partial charge in [0.05, 0.1) is 25.1 Å². The van der Waals surface area contributed by atoms with Crippen LogP contribution in [0.1, 0.15) is 39.2 Å². The van der Waals surface area contributed by atoms with Gasteiger partial charge in [0.25, 0.3) is 0 Å². The van der Waals surface area contributed by atoms with Crippen LogP contribution in [0.3, 0.4) is 0 Å². The summed E-state index contributed by atoms with van der Waals surface area (Å²) >= 11 is 0. The Bertz CT molecular complexity index is 424. The van der Waals surface area contributed by atoms with Gasteiger partial charge in [-0.1, -0.05) is 25.5 Å². The van der Waals surface area contributed by atoms with Crippen molar-refractivity contribution in [1.82, 2.24) is 0 Å². The summed E-state index contributed by atoms with van der Waals surface area (Å²) in [4.78, 5) is 0. The van der Waals surface area contributed by atoms with Crippen molar-refractivity contribution >= 4 is 12.9 Å². The van der Waals surface area contributed by atoms with Gasteiger partial charge in [-0.25, -0.2) is 0 Å². The molecule has 0 aromatic heterocycles. The Kier molecular flexibility index (Phi) is 8.08. The number of unbranched alkanes of at least 4 members (excludes halogenated alkanes) is 1. The summed E-state index contributed by atoms with van der Waals surface area (Å²) in [6, 6.07) is 7.44. The van der Waals surface area contributed by atoms with Crippen LogP contribution in [0.2, 0.25) is 0 Å². The zero-order chi connectivity index (χ0) is 14.8. The Morgan fingerprint density at radius 1 is 1.10 bits per heavy atom. The highest BCUT2D eigenvalue weighted by molar-refractivity contribution is 7.62. The Labute approximate surface area is 122 Å². The molecule has 0 aliphatic carbocycles. The summed E-state index contributed by atoms with van der Waals surface area (Å²) in [6.07, 6.45) is 2.17. The minimum Gasteiger partial charge on any atom is -0.377 e. The van der Waals surface area contributed by atoms with Gasteiger partial charge in [-0.3, -0.25) is 4.57 Å². The zero-order valence-corrected chi connectivity index (χ0v) is 13.5. The Balaban J connectivity index is 2.76. The highest BCUT2D eigenvalue weighted by atomic mass is 31.2. The van der Waals surface area contributed by atoms with Gasteiger partial charge in [0.15, 0.2) is 0 Å². The fourth-order valence-electron chi connectivity index (χ4n) is 1.78. The molecule has 0 unspecified atom stereocenters. The minimum atomic E-state index is -3.20. The fraction of sp³-hybridized carbons (Fsp3) is 0.600. The summed E-state index contributed by atoms with van der Waals surface area (Å²) < 4.78 is 28.9. The van der Waals surface area contributed by atoms with E-state index in [2.05, 4.69) is 6.92 Å². The van der Waals surface area contributed by atoms with Crippen molar-refractivity contribution in [3.05, 3.63) is 29.8 Å². The van der Waals surface area contributed by atoms with E-state index in [9.17, 15) is 4.57 Å². The van der Waals surface area contributed by atoms with Crippen molar-refractivity contribution in [3.63, 3.8) is 0 Å². The van der Waals surface area contributed by atoms with Crippen LogP contribution in [-0.2, 0) is 25.0 Å². The number of ether oxygens (including phenoxy) is 1. The molecule has 0 bridgehead atoms. The van der Waals surface area contributed by atoms with E-state index >= 15 is 0 Å². The predicted octanol–water partition coefficient (Wildman–Crippen LogP) is 3.89. The highest BCUT2D eigenvalue weighted by Crippen LogP contribution is 2.46. The lowest BCUT2D eigenvalue weighted by atomic mass is 10.2. The third-order valence-corrected chi connectivity index (χ3v) is 4.84. The molecule has 0 radical (unpaired) electrons. The van der Waals surface area contributed by atoms with Crippen LogP contribution < -0.4 is 5.30 Å². The molecule has 0 aliphatic rings. The van der Waals surface area contributed by atoms with E-state index < -0.39 is 7.60 Å². The molecular weight excluding hydrogens is 275 g/mol. The summed E-state index contributed by atoms with van der Waals surface area (Å²) in [5, 5.41) is 0.595. The van der Waals surface area contributed by atoms with Crippen molar-refractivity contribution in [2.75, 3.05) is 19.8 Å². The van der Waals surface area contributed by atoms with E-state index in [1.54, 1.807) is 6.07 Å². The smallest absolute Gasteiger partial charge is 0.361 e. The van der Waals surface area contributed by atoms with Crippen LogP contribution in [0, 0.1) is 0 Å². The zero-order valence-electron chi connectivity index (χ0n) is 12.6. The second kappa shape index (κ2) is 9.30. The van der Waals surface area contributed by atoms with E-state index in [-0.39, 0.29) is 0 Å². The van der Waals surface area contributed by atoms with E-state index in [4.69, 9.17) is 13.8 Å². The Morgan fingerprint density at radius 2 is 1.80 bits per heavy atom. The van der Waals surface area contributed by atoms with E-state index in [1.165, 1.54) is 0 Å². The van der Waals surface area contributed by atoms with Crippen LogP contribution >= 0.6 is 7.60 Å². The SMILES string of the molecule is CCCCOCc1cccc(P(=O)(OCC)OCC)c1. The van der Waals surface area contributed by atoms with Crippen molar-refractivity contribution in [2.24, 2.45) is 0 Å². The molecule has 4 nitrogen and oxygen atoms in total. The average molecular weight is 300 g/mol. The van der Waals surface area contributed by atoms with E-state index in [1.807, 2.05) is 32.0 Å². The van der Waals surface area contributed by atoms with Crippen molar-refractivity contribution in [3.8, 4) is 0 Å². The second-order valence-electron chi connectivity index (χ2n) is 4.41. The molecule has 0 N–H and O–H groups in total. The molecule has 5 heteroatoms. The molecule has 0 aliphatic heterocycles. The number of hydrogen-bond donors (Lipinski definition) is 0. The van der Waals surface area contributed by atoms with E-state index in [0.29, 0.717) is 25.1 Å². The van der Waals surface area contributed by atoms with Crippen LogP contribution in [0.5, 0.6) is 0 Å². The van der Waals surface area contributed by atoms with Gasteiger partial charge in [0, 0.05) is 6.61 Å². The molecule has 0 amide bonds. The predicted molar refractivity (Wildman–Crippen MR) is 81.5 cm³/mol. The first kappa shape index (κ1) is 17.4. The summed E-state index contributed by atoms with van der Waals surface area (Å²) in [7, 11) is -3.20. The number of benzene rings is 1. The summed E-state index contributed by atoms with van der Waals surface area (Å²) in [5.41, 5.74) is 0.984. The van der Waals surface area contributed by atoms with E-state index in [0.717, 1.165) is 25.0 Å². The normalized spacial score (nSPS) is 11.8. The maximum atomic E-state index is 12.7. The third-order valence-electron chi connectivity index (χ3n) is 2.74. The van der Waals surface area contributed by atoms with Gasteiger partial charge in [-0.2, -0.15) is 0 Å². The van der Waals surface area contributed by atoms with Crippen molar-refractivity contribution in [1.29, 1.82) is 0 Å². The lowest BCUT2D eigenvalue weighted by Gasteiger charge is -2.17. The first-order valence-electron chi connectivity index (χ1n) is 7.22. The first-order chi connectivity index (χ1) is 9.66. The molecule has 0 atom stereocenters. The summed E-state index contributed by atoms with van der Waals surface area (Å²) in [6.45, 7) is 7.72. The van der Waals surface area contributed by atoms with Gasteiger partial charge >= 0.3 is 7.60 Å². The van der Waals surface area contributed by atoms with Crippen molar-refractivity contribution in [2.45, 2.75) is 40.2 Å². The molecule has 0 spiro atoms. The fourth-order valence-corrected chi connectivity index (χ4v) is 3.42. The van der Waals surface area contributed by atoms with Gasteiger partial charge < -0.3 is 13.8 Å². The first-order valence-corrected chi connectivity index (χ1v) is 8.76.